The van der Waals surface area contributed by atoms with Crippen molar-refractivity contribution in [1.29, 1.82) is 0 Å². The lowest BCUT2D eigenvalue weighted by Gasteiger charge is -2.24. The van der Waals surface area contributed by atoms with Crippen LogP contribution in [-0.2, 0) is 4.79 Å². The van der Waals surface area contributed by atoms with Crippen LogP contribution in [0.5, 0.6) is 0 Å². The SMILES string of the molecule is C=CCNc1nnc(S[C@H](C(=O)N(CC)CC)c2ccccc2)s1. The number of nitrogens with one attached hydrogen (secondary N) is 1. The lowest BCUT2D eigenvalue weighted by Crippen LogP contribution is -2.33. The standard InChI is InChI=1S/C17H22N4OS2/c1-4-12-18-16-19-20-17(24-16)23-14(13-10-8-7-9-11-13)15(22)21(5-2)6-3/h4,7-11,14H,1,5-6,12H2,2-3H3,(H,18,19)/t14-/m0/s1. The molecule has 0 radical (unpaired) electrons. The molecule has 128 valence electrons. The molecular weight excluding hydrogens is 340 g/mol. The summed E-state index contributed by atoms with van der Waals surface area (Å²) in [6.07, 6.45) is 1.77. The maximum absolute atomic E-state index is 12.9. The first-order valence-corrected chi connectivity index (χ1v) is 9.57. The molecule has 0 unspecified atom stereocenters. The summed E-state index contributed by atoms with van der Waals surface area (Å²) in [7, 11) is 0. The number of anilines is 1. The zero-order valence-corrected chi connectivity index (χ0v) is 15.6. The molecule has 0 saturated heterocycles. The van der Waals surface area contributed by atoms with Crippen LogP contribution < -0.4 is 5.32 Å². The number of carbonyl (C=O) groups excluding carboxylic acids is 1. The molecule has 1 aromatic heterocycles. The highest BCUT2D eigenvalue weighted by Gasteiger charge is 2.27. The molecule has 1 aromatic carbocycles. The molecule has 5 nitrogen and oxygen atoms in total. The number of nitrogens with zero attached hydrogens (tertiary/aromatic N) is 3. The van der Waals surface area contributed by atoms with Gasteiger partial charge in [0.1, 0.15) is 5.25 Å². The van der Waals surface area contributed by atoms with Gasteiger partial charge in [0.2, 0.25) is 11.0 Å². The van der Waals surface area contributed by atoms with Gasteiger partial charge in [-0.2, -0.15) is 0 Å². The number of rotatable bonds is 9. The van der Waals surface area contributed by atoms with E-state index >= 15 is 0 Å². The fourth-order valence-electron chi connectivity index (χ4n) is 2.18. The van der Waals surface area contributed by atoms with Gasteiger partial charge in [-0.25, -0.2) is 0 Å². The second-order valence-electron chi connectivity index (χ2n) is 4.96. The van der Waals surface area contributed by atoms with Gasteiger partial charge < -0.3 is 10.2 Å². The average molecular weight is 363 g/mol. The van der Waals surface area contributed by atoms with Gasteiger partial charge in [0.25, 0.3) is 0 Å². The summed E-state index contributed by atoms with van der Waals surface area (Å²) in [4.78, 5) is 14.8. The normalized spacial score (nSPS) is 11.8. The Kier molecular flexibility index (Phi) is 7.27. The smallest absolute Gasteiger partial charge is 0.240 e. The molecule has 0 saturated carbocycles. The monoisotopic (exact) mass is 362 g/mol. The van der Waals surface area contributed by atoms with Crippen LogP contribution in [0.1, 0.15) is 24.7 Å². The lowest BCUT2D eigenvalue weighted by atomic mass is 10.1. The van der Waals surface area contributed by atoms with Crippen LogP contribution in [0.3, 0.4) is 0 Å². The van der Waals surface area contributed by atoms with Crippen molar-refractivity contribution in [3.05, 3.63) is 48.6 Å². The number of hydrogen-bond acceptors (Lipinski definition) is 6. The number of aromatic nitrogens is 2. The molecule has 2 rings (SSSR count). The van der Waals surface area contributed by atoms with Crippen LogP contribution in [-0.4, -0.2) is 40.6 Å². The van der Waals surface area contributed by atoms with Crippen LogP contribution in [0.15, 0.2) is 47.3 Å². The van der Waals surface area contributed by atoms with Gasteiger partial charge in [-0.15, -0.1) is 16.8 Å². The number of amides is 1. The van der Waals surface area contributed by atoms with Gasteiger partial charge in [0.05, 0.1) is 0 Å². The first-order valence-electron chi connectivity index (χ1n) is 7.88. The average Bonchev–Trinajstić information content (AvgIpc) is 3.07. The van der Waals surface area contributed by atoms with Crippen LogP contribution in [0.25, 0.3) is 0 Å². The lowest BCUT2D eigenvalue weighted by molar-refractivity contribution is -0.130. The van der Waals surface area contributed by atoms with Crippen molar-refractivity contribution in [3.8, 4) is 0 Å². The minimum absolute atomic E-state index is 0.104. The third kappa shape index (κ3) is 4.82. The molecule has 0 spiro atoms. The van der Waals surface area contributed by atoms with Crippen LogP contribution >= 0.6 is 23.1 Å². The third-order valence-electron chi connectivity index (χ3n) is 3.42. The Morgan fingerprint density at radius 1 is 1.33 bits per heavy atom. The van der Waals surface area contributed by atoms with Gasteiger partial charge in [-0.3, -0.25) is 4.79 Å². The zero-order chi connectivity index (χ0) is 17.4. The second-order valence-corrected chi connectivity index (χ2v) is 7.29. The number of benzene rings is 1. The van der Waals surface area contributed by atoms with Crippen molar-refractivity contribution >= 4 is 34.1 Å². The highest BCUT2D eigenvalue weighted by atomic mass is 32.2. The van der Waals surface area contributed by atoms with Crippen molar-refractivity contribution in [2.75, 3.05) is 25.0 Å². The van der Waals surface area contributed by atoms with Crippen molar-refractivity contribution < 1.29 is 4.79 Å². The summed E-state index contributed by atoms with van der Waals surface area (Å²) in [5.41, 5.74) is 0.982. The molecule has 0 aliphatic heterocycles. The summed E-state index contributed by atoms with van der Waals surface area (Å²) in [6, 6.07) is 9.83. The first kappa shape index (κ1) is 18.5. The van der Waals surface area contributed by atoms with E-state index in [-0.39, 0.29) is 11.2 Å². The summed E-state index contributed by atoms with van der Waals surface area (Å²) in [5.74, 6) is 0.104. The molecule has 0 aliphatic carbocycles. The fourth-order valence-corrected chi connectivity index (χ4v) is 4.21. The van der Waals surface area contributed by atoms with Gasteiger partial charge >= 0.3 is 0 Å². The van der Waals surface area contributed by atoms with Gasteiger partial charge in [0.15, 0.2) is 4.34 Å². The zero-order valence-electron chi connectivity index (χ0n) is 13.9. The van der Waals surface area contributed by atoms with E-state index in [0.717, 1.165) is 15.0 Å². The molecule has 2 aromatic rings. The molecule has 1 atom stereocenters. The van der Waals surface area contributed by atoms with Crippen molar-refractivity contribution in [2.45, 2.75) is 23.4 Å². The summed E-state index contributed by atoms with van der Waals surface area (Å²) >= 11 is 2.90. The minimum Gasteiger partial charge on any atom is -0.357 e. The molecule has 0 fully saturated rings. The largest absolute Gasteiger partial charge is 0.357 e. The molecule has 1 N–H and O–H groups in total. The van der Waals surface area contributed by atoms with Gasteiger partial charge in [-0.1, -0.05) is 59.5 Å². The molecule has 0 aliphatic rings. The highest BCUT2D eigenvalue weighted by Crippen LogP contribution is 2.38. The Labute approximate surface area is 151 Å². The van der Waals surface area contributed by atoms with Gasteiger partial charge in [0, 0.05) is 19.6 Å². The Morgan fingerprint density at radius 2 is 2.04 bits per heavy atom. The molecule has 7 heteroatoms. The predicted octanol–water partition coefficient (Wildman–Crippen LogP) is 3.84. The van der Waals surface area contributed by atoms with Gasteiger partial charge in [-0.05, 0) is 19.4 Å². The Hall–Kier alpha value is -1.86. The number of hydrogen-bond donors (Lipinski definition) is 1. The maximum Gasteiger partial charge on any atom is 0.240 e. The van der Waals surface area contributed by atoms with Crippen LogP contribution in [0, 0.1) is 0 Å². The number of thioether (sulfide) groups is 1. The Bertz CT molecular complexity index is 656. The third-order valence-corrected chi connectivity index (χ3v) is 5.63. The molecule has 1 amide bonds. The first-order chi connectivity index (χ1) is 11.7. The van der Waals surface area contributed by atoms with E-state index in [0.29, 0.717) is 19.6 Å². The molecular formula is C17H22N4OS2. The summed E-state index contributed by atoms with van der Waals surface area (Å²) in [5, 5.41) is 11.8. The van der Waals surface area contributed by atoms with Crippen molar-refractivity contribution in [2.24, 2.45) is 0 Å². The maximum atomic E-state index is 12.9. The van der Waals surface area contributed by atoms with Crippen molar-refractivity contribution in [3.63, 3.8) is 0 Å². The molecule has 24 heavy (non-hydrogen) atoms. The quantitative estimate of drug-likeness (QED) is 0.542. The molecule has 0 bridgehead atoms. The number of carbonyl (C=O) groups is 1. The van der Waals surface area contributed by atoms with E-state index in [2.05, 4.69) is 22.1 Å². The van der Waals surface area contributed by atoms with Crippen LogP contribution in [0.2, 0.25) is 0 Å². The van der Waals surface area contributed by atoms with E-state index < -0.39 is 0 Å². The van der Waals surface area contributed by atoms with E-state index in [9.17, 15) is 4.79 Å². The fraction of sp³-hybridized carbons (Fsp3) is 0.353. The minimum atomic E-state index is -0.314. The Morgan fingerprint density at radius 3 is 2.67 bits per heavy atom. The van der Waals surface area contributed by atoms with E-state index in [1.807, 2.05) is 49.1 Å². The highest BCUT2D eigenvalue weighted by molar-refractivity contribution is 8.01. The molecule has 1 heterocycles. The van der Waals surface area contributed by atoms with E-state index in [1.54, 1.807) is 6.08 Å². The Balaban J connectivity index is 2.21. The topological polar surface area (TPSA) is 58.1 Å². The summed E-state index contributed by atoms with van der Waals surface area (Å²) in [6.45, 7) is 9.69. The van der Waals surface area contributed by atoms with Crippen LogP contribution in [0.4, 0.5) is 5.13 Å². The summed E-state index contributed by atoms with van der Waals surface area (Å²) < 4.78 is 0.774. The van der Waals surface area contributed by atoms with Crippen molar-refractivity contribution in [1.82, 2.24) is 15.1 Å². The van der Waals surface area contributed by atoms with E-state index in [4.69, 9.17) is 0 Å². The second kappa shape index (κ2) is 9.44. The van der Waals surface area contributed by atoms with E-state index in [1.165, 1.54) is 23.1 Å². The number of likely N-dealkylation sites (N-methyl/N-ethyl adjacent to an activating group) is 1. The predicted molar refractivity (Wildman–Crippen MR) is 102 cm³/mol.